The summed E-state index contributed by atoms with van der Waals surface area (Å²) in [6.45, 7) is 0.601. The molecule has 3 rings (SSSR count). The van der Waals surface area contributed by atoms with Crippen LogP contribution >= 0.6 is 0 Å². The van der Waals surface area contributed by atoms with E-state index in [0.717, 1.165) is 24.2 Å². The van der Waals surface area contributed by atoms with Gasteiger partial charge in [-0.1, -0.05) is 12.1 Å². The maximum absolute atomic E-state index is 12.6. The van der Waals surface area contributed by atoms with Crippen molar-refractivity contribution in [2.75, 3.05) is 20.3 Å². The first-order valence-corrected chi connectivity index (χ1v) is 8.39. The van der Waals surface area contributed by atoms with Gasteiger partial charge in [-0.05, 0) is 42.7 Å². The fraction of sp³-hybridized carbons (Fsp3) is 0.316. The molecular weight excluding hydrogens is 336 g/mol. The van der Waals surface area contributed by atoms with Gasteiger partial charge < -0.3 is 14.4 Å². The van der Waals surface area contributed by atoms with Crippen molar-refractivity contribution in [2.45, 2.75) is 18.9 Å². The second kappa shape index (κ2) is 7.86. The largest absolute Gasteiger partial charge is 0.497 e. The minimum atomic E-state index is -0.474. The molecule has 136 valence electrons. The van der Waals surface area contributed by atoms with Crippen LogP contribution in [0.1, 0.15) is 24.4 Å². The number of non-ortho nitro benzene ring substituents is 1. The van der Waals surface area contributed by atoms with Gasteiger partial charge in [-0.25, -0.2) is 0 Å². The average molecular weight is 356 g/mol. The number of carbonyl (C=O) groups excluding carboxylic acids is 1. The zero-order valence-electron chi connectivity index (χ0n) is 14.5. The number of likely N-dealkylation sites (tertiary alicyclic amines) is 1. The van der Waals surface area contributed by atoms with Gasteiger partial charge >= 0.3 is 0 Å². The van der Waals surface area contributed by atoms with Crippen LogP contribution in [0.25, 0.3) is 0 Å². The lowest BCUT2D eigenvalue weighted by molar-refractivity contribution is -0.384. The second-order valence-electron chi connectivity index (χ2n) is 6.06. The number of carbonyl (C=O) groups is 1. The molecule has 1 aliphatic rings. The third kappa shape index (κ3) is 3.93. The first-order chi connectivity index (χ1) is 12.6. The predicted octanol–water partition coefficient (Wildman–Crippen LogP) is 3.35. The van der Waals surface area contributed by atoms with Crippen molar-refractivity contribution in [1.82, 2.24) is 4.90 Å². The van der Waals surface area contributed by atoms with E-state index >= 15 is 0 Å². The summed E-state index contributed by atoms with van der Waals surface area (Å²) in [6.07, 6.45) is 1.86. The highest BCUT2D eigenvalue weighted by Gasteiger charge is 2.30. The van der Waals surface area contributed by atoms with Gasteiger partial charge in [0.25, 0.3) is 11.6 Å². The van der Waals surface area contributed by atoms with Crippen molar-refractivity contribution in [2.24, 2.45) is 0 Å². The molecule has 1 atom stereocenters. The van der Waals surface area contributed by atoms with Crippen LogP contribution in [0.15, 0.2) is 48.5 Å². The Hall–Kier alpha value is -3.09. The summed E-state index contributed by atoms with van der Waals surface area (Å²) in [7, 11) is 1.62. The smallest absolute Gasteiger partial charge is 0.269 e. The van der Waals surface area contributed by atoms with Crippen LogP contribution in [-0.2, 0) is 4.79 Å². The van der Waals surface area contributed by atoms with Gasteiger partial charge in [0, 0.05) is 18.7 Å². The van der Waals surface area contributed by atoms with Crippen molar-refractivity contribution < 1.29 is 19.2 Å². The third-order valence-corrected chi connectivity index (χ3v) is 4.48. The zero-order valence-corrected chi connectivity index (χ0v) is 14.5. The molecule has 1 fully saturated rings. The number of ether oxygens (including phenoxy) is 2. The molecule has 7 heteroatoms. The highest BCUT2D eigenvalue weighted by Crippen LogP contribution is 2.32. The maximum atomic E-state index is 12.6. The normalized spacial score (nSPS) is 16.3. The van der Waals surface area contributed by atoms with E-state index in [4.69, 9.17) is 9.47 Å². The lowest BCUT2D eigenvalue weighted by Gasteiger charge is -2.25. The van der Waals surface area contributed by atoms with Crippen LogP contribution in [0.2, 0.25) is 0 Å². The van der Waals surface area contributed by atoms with Crippen LogP contribution in [0, 0.1) is 10.1 Å². The molecule has 0 bridgehead atoms. The lowest BCUT2D eigenvalue weighted by Crippen LogP contribution is -2.34. The first kappa shape index (κ1) is 17.7. The van der Waals surface area contributed by atoms with Gasteiger partial charge in [-0.3, -0.25) is 14.9 Å². The first-order valence-electron chi connectivity index (χ1n) is 8.39. The molecular formula is C19H20N2O5. The number of nitrogens with zero attached hydrogens (tertiary/aromatic N) is 2. The molecule has 1 aliphatic heterocycles. The van der Waals surface area contributed by atoms with Gasteiger partial charge in [-0.15, -0.1) is 0 Å². The molecule has 0 N–H and O–H groups in total. The molecule has 26 heavy (non-hydrogen) atoms. The number of hydrogen-bond donors (Lipinski definition) is 0. The Morgan fingerprint density at radius 1 is 1.15 bits per heavy atom. The standard InChI is InChI=1S/C19H20N2O5/c1-25-16-8-4-14(5-9-16)18-3-2-12-20(18)19(22)13-26-17-10-6-15(7-11-17)21(23)24/h4-11,18H,2-3,12-13H2,1H3/t18-/m1/s1. The molecule has 1 amide bonds. The SMILES string of the molecule is COc1ccc([C@H]2CCCN2C(=O)COc2ccc([N+](=O)[O-])cc2)cc1. The topological polar surface area (TPSA) is 81.9 Å². The summed E-state index contributed by atoms with van der Waals surface area (Å²) in [5.74, 6) is 1.12. The summed E-state index contributed by atoms with van der Waals surface area (Å²) in [4.78, 5) is 24.6. The Balaban J connectivity index is 1.61. The van der Waals surface area contributed by atoms with E-state index in [0.29, 0.717) is 12.3 Å². The average Bonchev–Trinajstić information content (AvgIpc) is 3.16. The lowest BCUT2D eigenvalue weighted by atomic mass is 10.0. The number of hydrogen-bond acceptors (Lipinski definition) is 5. The number of nitro groups is 1. The van der Waals surface area contributed by atoms with Crippen molar-refractivity contribution in [3.8, 4) is 11.5 Å². The molecule has 2 aromatic rings. The number of nitro benzene ring substituents is 1. The Kier molecular flexibility index (Phi) is 5.36. The summed E-state index contributed by atoms with van der Waals surface area (Å²) in [5, 5.41) is 10.7. The highest BCUT2D eigenvalue weighted by molar-refractivity contribution is 5.78. The van der Waals surface area contributed by atoms with Crippen molar-refractivity contribution in [1.29, 1.82) is 0 Å². The van der Waals surface area contributed by atoms with Crippen molar-refractivity contribution in [3.05, 3.63) is 64.2 Å². The van der Waals surface area contributed by atoms with Gasteiger partial charge in [-0.2, -0.15) is 0 Å². The van der Waals surface area contributed by atoms with Gasteiger partial charge in [0.2, 0.25) is 0 Å². The zero-order chi connectivity index (χ0) is 18.5. The minimum absolute atomic E-state index is 0.0113. The van der Waals surface area contributed by atoms with Gasteiger partial charge in [0.05, 0.1) is 18.1 Å². The van der Waals surface area contributed by atoms with E-state index in [-0.39, 0.29) is 24.2 Å². The van der Waals surface area contributed by atoms with Crippen LogP contribution in [0.5, 0.6) is 11.5 Å². The Bertz CT molecular complexity index is 774. The molecule has 0 aliphatic carbocycles. The van der Waals surface area contributed by atoms with Crippen LogP contribution in [0.4, 0.5) is 5.69 Å². The van der Waals surface area contributed by atoms with E-state index in [9.17, 15) is 14.9 Å². The van der Waals surface area contributed by atoms with Crippen LogP contribution < -0.4 is 9.47 Å². The van der Waals surface area contributed by atoms with E-state index in [1.807, 2.05) is 29.2 Å². The molecule has 0 aromatic heterocycles. The fourth-order valence-electron chi connectivity index (χ4n) is 3.13. The van der Waals surface area contributed by atoms with Crippen molar-refractivity contribution in [3.63, 3.8) is 0 Å². The van der Waals surface area contributed by atoms with E-state index in [1.54, 1.807) is 7.11 Å². The van der Waals surface area contributed by atoms with E-state index in [2.05, 4.69) is 0 Å². The van der Waals surface area contributed by atoms with Gasteiger partial charge in [0.15, 0.2) is 6.61 Å². The van der Waals surface area contributed by atoms with Crippen LogP contribution in [0.3, 0.4) is 0 Å². The Morgan fingerprint density at radius 3 is 2.42 bits per heavy atom. The number of amides is 1. The fourth-order valence-corrected chi connectivity index (χ4v) is 3.13. The summed E-state index contributed by atoms with van der Waals surface area (Å²) >= 11 is 0. The number of methoxy groups -OCH3 is 1. The van der Waals surface area contributed by atoms with E-state index in [1.165, 1.54) is 24.3 Å². The minimum Gasteiger partial charge on any atom is -0.497 e. The molecule has 0 saturated carbocycles. The van der Waals surface area contributed by atoms with Crippen molar-refractivity contribution >= 4 is 11.6 Å². The summed E-state index contributed by atoms with van der Waals surface area (Å²) in [5.41, 5.74) is 1.06. The monoisotopic (exact) mass is 356 g/mol. The number of rotatable bonds is 6. The van der Waals surface area contributed by atoms with E-state index < -0.39 is 4.92 Å². The molecule has 0 unspecified atom stereocenters. The quantitative estimate of drug-likeness (QED) is 0.586. The molecule has 0 spiro atoms. The molecule has 2 aromatic carbocycles. The molecule has 0 radical (unpaired) electrons. The van der Waals surface area contributed by atoms with Gasteiger partial charge in [0.1, 0.15) is 11.5 Å². The number of benzene rings is 2. The maximum Gasteiger partial charge on any atom is 0.269 e. The predicted molar refractivity (Wildman–Crippen MR) is 95.3 cm³/mol. The molecule has 1 heterocycles. The third-order valence-electron chi connectivity index (χ3n) is 4.48. The Labute approximate surface area is 151 Å². The highest BCUT2D eigenvalue weighted by atomic mass is 16.6. The second-order valence-corrected chi connectivity index (χ2v) is 6.06. The Morgan fingerprint density at radius 2 is 1.81 bits per heavy atom. The molecule has 7 nitrogen and oxygen atoms in total. The molecule has 1 saturated heterocycles. The summed E-state index contributed by atoms with van der Waals surface area (Å²) in [6, 6.07) is 13.5. The summed E-state index contributed by atoms with van der Waals surface area (Å²) < 4.78 is 10.7. The van der Waals surface area contributed by atoms with Crippen LogP contribution in [-0.4, -0.2) is 36.0 Å².